The number of carbonyl (C=O) groups is 2. The number of nitrogens with one attached hydrogen (secondary N) is 1. The highest BCUT2D eigenvalue weighted by molar-refractivity contribution is 6.08. The maximum absolute atomic E-state index is 12.9. The summed E-state index contributed by atoms with van der Waals surface area (Å²) in [5.74, 6) is 1.27. The number of piperazine rings is 1. The van der Waals surface area contributed by atoms with Crippen molar-refractivity contribution in [2.45, 2.75) is 40.5 Å². The Morgan fingerprint density at radius 3 is 2.03 bits per heavy atom. The molecule has 7 heteroatoms. The Labute approximate surface area is 209 Å². The van der Waals surface area contributed by atoms with Gasteiger partial charge in [0.25, 0.3) is 5.91 Å². The summed E-state index contributed by atoms with van der Waals surface area (Å²) in [6, 6.07) is 13.0. The van der Waals surface area contributed by atoms with Crippen molar-refractivity contribution in [1.82, 2.24) is 4.90 Å². The number of benzene rings is 2. The van der Waals surface area contributed by atoms with Gasteiger partial charge in [-0.3, -0.25) is 9.59 Å². The molecule has 1 aliphatic rings. The van der Waals surface area contributed by atoms with Gasteiger partial charge in [0.1, 0.15) is 17.1 Å². The highest BCUT2D eigenvalue weighted by atomic mass is 16.5. The van der Waals surface area contributed by atoms with Crippen LogP contribution in [0.25, 0.3) is 0 Å². The lowest BCUT2D eigenvalue weighted by Gasteiger charge is -2.37. The molecule has 2 aromatic carbocycles. The quantitative estimate of drug-likeness (QED) is 0.570. The molecule has 0 spiro atoms. The summed E-state index contributed by atoms with van der Waals surface area (Å²) in [5, 5.41) is 2.92. The summed E-state index contributed by atoms with van der Waals surface area (Å²) in [5.41, 5.74) is 2.36. The second kappa shape index (κ2) is 11.5. The molecular formula is C28H39N3O4. The topological polar surface area (TPSA) is 71.1 Å². The first-order valence-corrected chi connectivity index (χ1v) is 12.3. The minimum atomic E-state index is -0.292. The Kier molecular flexibility index (Phi) is 8.65. The summed E-state index contributed by atoms with van der Waals surface area (Å²) < 4.78 is 10.7. The smallest absolute Gasteiger partial charge is 0.263 e. The van der Waals surface area contributed by atoms with Gasteiger partial charge in [-0.15, -0.1) is 0 Å². The molecule has 190 valence electrons. The fourth-order valence-electron chi connectivity index (χ4n) is 4.78. The van der Waals surface area contributed by atoms with E-state index in [1.165, 1.54) is 14.2 Å². The third-order valence-electron chi connectivity index (χ3n) is 6.26. The Balaban J connectivity index is 1.55. The van der Waals surface area contributed by atoms with Gasteiger partial charge in [-0.2, -0.15) is 0 Å². The van der Waals surface area contributed by atoms with Gasteiger partial charge in [-0.25, -0.2) is 0 Å². The van der Waals surface area contributed by atoms with Gasteiger partial charge in [0.05, 0.1) is 14.2 Å². The van der Waals surface area contributed by atoms with Gasteiger partial charge in [-0.05, 0) is 54.2 Å². The Hall–Kier alpha value is -3.22. The molecule has 3 rings (SSSR count). The standard InChI is InChI=1S/C28H39N3O4/c1-20(19-28(2,3)4)18-25(32)31-16-14-30(15-17-31)22-12-10-21(11-13-22)29-27(33)26-23(34-5)8-7-9-24(26)35-6/h7-13,20H,14-19H2,1-6H3,(H,29,33). The second-order valence-corrected chi connectivity index (χ2v) is 10.5. The van der Waals surface area contributed by atoms with E-state index in [9.17, 15) is 9.59 Å². The molecule has 1 atom stereocenters. The minimum Gasteiger partial charge on any atom is -0.496 e. The van der Waals surface area contributed by atoms with Crippen LogP contribution in [0.1, 0.15) is 50.9 Å². The van der Waals surface area contributed by atoms with Crippen LogP contribution in [0.2, 0.25) is 0 Å². The van der Waals surface area contributed by atoms with Crippen LogP contribution < -0.4 is 19.7 Å². The van der Waals surface area contributed by atoms with Gasteiger partial charge in [0.2, 0.25) is 5.91 Å². The molecule has 1 aliphatic heterocycles. The Morgan fingerprint density at radius 2 is 1.51 bits per heavy atom. The van der Waals surface area contributed by atoms with Crippen LogP contribution in [0.5, 0.6) is 11.5 Å². The fourth-order valence-corrected chi connectivity index (χ4v) is 4.78. The van der Waals surface area contributed by atoms with Crippen LogP contribution in [-0.2, 0) is 4.79 Å². The van der Waals surface area contributed by atoms with Gasteiger partial charge in [0.15, 0.2) is 0 Å². The Morgan fingerprint density at radius 1 is 0.943 bits per heavy atom. The van der Waals surface area contributed by atoms with E-state index in [-0.39, 0.29) is 17.2 Å². The molecule has 2 amide bonds. The lowest BCUT2D eigenvalue weighted by atomic mass is 9.84. The number of carbonyl (C=O) groups excluding carboxylic acids is 2. The van der Waals surface area contributed by atoms with E-state index in [0.29, 0.717) is 35.1 Å². The van der Waals surface area contributed by atoms with Crippen molar-refractivity contribution in [1.29, 1.82) is 0 Å². The molecule has 0 saturated carbocycles. The number of rotatable bonds is 8. The first-order valence-electron chi connectivity index (χ1n) is 12.3. The van der Waals surface area contributed by atoms with Crippen molar-refractivity contribution in [2.24, 2.45) is 11.3 Å². The van der Waals surface area contributed by atoms with Crippen LogP contribution >= 0.6 is 0 Å². The van der Waals surface area contributed by atoms with E-state index in [1.54, 1.807) is 18.2 Å². The predicted molar refractivity (Wildman–Crippen MR) is 141 cm³/mol. The van der Waals surface area contributed by atoms with Crippen molar-refractivity contribution in [3.63, 3.8) is 0 Å². The molecule has 1 fully saturated rings. The van der Waals surface area contributed by atoms with Crippen LogP contribution in [0.15, 0.2) is 42.5 Å². The lowest BCUT2D eigenvalue weighted by Crippen LogP contribution is -2.49. The third kappa shape index (κ3) is 7.13. The molecule has 1 unspecified atom stereocenters. The summed E-state index contributed by atoms with van der Waals surface area (Å²) in [7, 11) is 3.06. The van der Waals surface area contributed by atoms with Crippen LogP contribution in [-0.4, -0.2) is 57.1 Å². The molecular weight excluding hydrogens is 442 g/mol. The second-order valence-electron chi connectivity index (χ2n) is 10.5. The SMILES string of the molecule is COc1cccc(OC)c1C(=O)Nc1ccc(N2CCN(C(=O)CC(C)CC(C)(C)C)CC2)cc1. The molecule has 0 radical (unpaired) electrons. The van der Waals surface area contributed by atoms with Crippen molar-refractivity contribution >= 4 is 23.2 Å². The van der Waals surface area contributed by atoms with Gasteiger partial charge in [-0.1, -0.05) is 33.8 Å². The maximum Gasteiger partial charge on any atom is 0.263 e. The zero-order valence-electron chi connectivity index (χ0n) is 21.9. The van der Waals surface area contributed by atoms with E-state index in [2.05, 4.69) is 37.9 Å². The first-order chi connectivity index (χ1) is 16.6. The average molecular weight is 482 g/mol. The normalized spacial score (nSPS) is 14.9. The number of nitrogens with zero attached hydrogens (tertiary/aromatic N) is 2. The molecule has 0 aromatic heterocycles. The first kappa shape index (κ1) is 26.4. The summed E-state index contributed by atoms with van der Waals surface area (Å²) in [4.78, 5) is 29.9. The van der Waals surface area contributed by atoms with Crippen molar-refractivity contribution in [3.8, 4) is 11.5 Å². The number of methoxy groups -OCH3 is 2. The number of anilines is 2. The molecule has 1 saturated heterocycles. The fraction of sp³-hybridized carbons (Fsp3) is 0.500. The van der Waals surface area contributed by atoms with E-state index in [1.807, 2.05) is 29.2 Å². The molecule has 0 aliphatic carbocycles. The van der Waals surface area contributed by atoms with Crippen molar-refractivity contribution in [3.05, 3.63) is 48.0 Å². The van der Waals surface area contributed by atoms with E-state index in [4.69, 9.17) is 9.47 Å². The van der Waals surface area contributed by atoms with E-state index < -0.39 is 0 Å². The maximum atomic E-state index is 12.9. The predicted octanol–water partition coefficient (Wildman–Crippen LogP) is 5.07. The molecule has 1 heterocycles. The zero-order chi connectivity index (χ0) is 25.6. The summed E-state index contributed by atoms with van der Waals surface area (Å²) in [6.07, 6.45) is 1.66. The van der Waals surface area contributed by atoms with Crippen molar-refractivity contribution < 1.29 is 19.1 Å². The molecule has 7 nitrogen and oxygen atoms in total. The van der Waals surface area contributed by atoms with Gasteiger partial charge < -0.3 is 24.6 Å². The minimum absolute atomic E-state index is 0.239. The average Bonchev–Trinajstić information content (AvgIpc) is 2.82. The van der Waals surface area contributed by atoms with Gasteiger partial charge >= 0.3 is 0 Å². The largest absolute Gasteiger partial charge is 0.496 e. The molecule has 35 heavy (non-hydrogen) atoms. The zero-order valence-corrected chi connectivity index (χ0v) is 21.9. The monoisotopic (exact) mass is 481 g/mol. The van der Waals surface area contributed by atoms with Crippen LogP contribution in [0, 0.1) is 11.3 Å². The summed E-state index contributed by atoms with van der Waals surface area (Å²) >= 11 is 0. The Bertz CT molecular complexity index is 984. The third-order valence-corrected chi connectivity index (χ3v) is 6.26. The number of amides is 2. The highest BCUT2D eigenvalue weighted by Crippen LogP contribution is 2.30. The van der Waals surface area contributed by atoms with Gasteiger partial charge in [0, 0.05) is 44.0 Å². The number of ether oxygens (including phenoxy) is 2. The lowest BCUT2D eigenvalue weighted by molar-refractivity contribution is -0.132. The molecule has 2 aromatic rings. The van der Waals surface area contributed by atoms with Crippen LogP contribution in [0.4, 0.5) is 11.4 Å². The molecule has 0 bridgehead atoms. The summed E-state index contributed by atoms with van der Waals surface area (Å²) in [6.45, 7) is 11.9. The van der Waals surface area contributed by atoms with Crippen LogP contribution in [0.3, 0.4) is 0 Å². The molecule has 1 N–H and O–H groups in total. The highest BCUT2D eigenvalue weighted by Gasteiger charge is 2.24. The van der Waals surface area contributed by atoms with Crippen molar-refractivity contribution in [2.75, 3.05) is 50.6 Å². The van der Waals surface area contributed by atoms with E-state index in [0.717, 1.165) is 38.3 Å². The number of hydrogen-bond acceptors (Lipinski definition) is 5. The van der Waals surface area contributed by atoms with E-state index >= 15 is 0 Å². The number of hydrogen-bond donors (Lipinski definition) is 1.